The summed E-state index contributed by atoms with van der Waals surface area (Å²) in [5.74, 6) is 3.05. The van der Waals surface area contributed by atoms with E-state index in [1.165, 1.54) is 0 Å². The van der Waals surface area contributed by atoms with Crippen LogP contribution in [0.25, 0.3) is 11.5 Å². The number of hydrogen-bond donors (Lipinski definition) is 1. The van der Waals surface area contributed by atoms with Gasteiger partial charge in [-0.1, -0.05) is 12.1 Å². The lowest BCUT2D eigenvalue weighted by atomic mass is 10.2. The summed E-state index contributed by atoms with van der Waals surface area (Å²) >= 11 is 0. The zero-order valence-electron chi connectivity index (χ0n) is 15.5. The van der Waals surface area contributed by atoms with Crippen molar-refractivity contribution < 1.29 is 9.47 Å². The normalized spacial score (nSPS) is 13.1. The first-order valence-electron chi connectivity index (χ1n) is 9.10. The molecule has 2 aromatic heterocycles. The van der Waals surface area contributed by atoms with Gasteiger partial charge in [0.15, 0.2) is 17.3 Å². The largest absolute Gasteiger partial charge is 0.490 e. The van der Waals surface area contributed by atoms with Gasteiger partial charge in [-0.3, -0.25) is 4.98 Å². The number of rotatable bonds is 4. The van der Waals surface area contributed by atoms with Gasteiger partial charge < -0.3 is 14.8 Å². The van der Waals surface area contributed by atoms with E-state index in [1.54, 1.807) is 6.20 Å². The fourth-order valence-electron chi connectivity index (χ4n) is 2.91. The molecule has 0 fully saturated rings. The molecule has 0 unspecified atom stereocenters. The van der Waals surface area contributed by atoms with Gasteiger partial charge in [0.25, 0.3) is 0 Å². The summed E-state index contributed by atoms with van der Waals surface area (Å²) in [6.07, 6.45) is 2.65. The highest BCUT2D eigenvalue weighted by atomic mass is 16.5. The van der Waals surface area contributed by atoms with Crippen LogP contribution in [0.5, 0.6) is 11.5 Å². The van der Waals surface area contributed by atoms with Crippen LogP contribution in [0.4, 0.5) is 5.82 Å². The van der Waals surface area contributed by atoms with E-state index >= 15 is 0 Å². The summed E-state index contributed by atoms with van der Waals surface area (Å²) in [5, 5.41) is 3.43. The molecule has 0 saturated heterocycles. The van der Waals surface area contributed by atoms with Crippen LogP contribution in [0, 0.1) is 13.8 Å². The number of fused-ring (bicyclic) bond motifs is 1. The molecule has 0 amide bonds. The van der Waals surface area contributed by atoms with Crippen molar-refractivity contribution in [1.82, 2.24) is 15.0 Å². The molecule has 138 valence electrons. The second-order valence-corrected chi connectivity index (χ2v) is 6.51. The van der Waals surface area contributed by atoms with Gasteiger partial charge in [0, 0.05) is 30.4 Å². The van der Waals surface area contributed by atoms with E-state index in [0.717, 1.165) is 46.3 Å². The molecule has 0 radical (unpaired) electrons. The van der Waals surface area contributed by atoms with Gasteiger partial charge in [-0.2, -0.15) is 0 Å². The molecular weight excluding hydrogens is 340 g/mol. The molecule has 6 nitrogen and oxygen atoms in total. The van der Waals surface area contributed by atoms with Gasteiger partial charge in [-0.05, 0) is 43.7 Å². The lowest BCUT2D eigenvalue weighted by Gasteiger charge is -2.13. The minimum atomic E-state index is 0.625. The Balaban J connectivity index is 1.56. The Labute approximate surface area is 158 Å². The van der Waals surface area contributed by atoms with E-state index in [4.69, 9.17) is 9.47 Å². The average Bonchev–Trinajstić information content (AvgIpc) is 2.94. The smallest absolute Gasteiger partial charge is 0.180 e. The maximum atomic E-state index is 5.77. The van der Waals surface area contributed by atoms with Crippen LogP contribution in [0.1, 0.15) is 23.2 Å². The van der Waals surface area contributed by atoms with Gasteiger partial charge in [-0.15, -0.1) is 0 Å². The summed E-state index contributed by atoms with van der Waals surface area (Å²) in [6.45, 7) is 6.02. The van der Waals surface area contributed by atoms with Crippen molar-refractivity contribution in [3.05, 3.63) is 59.4 Å². The molecule has 0 aliphatic carbocycles. The zero-order chi connectivity index (χ0) is 18.6. The Kier molecular flexibility index (Phi) is 4.87. The summed E-state index contributed by atoms with van der Waals surface area (Å²) in [7, 11) is 0. The molecule has 6 heteroatoms. The summed E-state index contributed by atoms with van der Waals surface area (Å²) in [5.41, 5.74) is 3.84. The third-order valence-corrected chi connectivity index (χ3v) is 4.56. The number of aryl methyl sites for hydroxylation is 1. The lowest BCUT2D eigenvalue weighted by molar-refractivity contribution is 0.297. The number of nitrogens with one attached hydrogen (secondary N) is 1. The molecule has 4 rings (SSSR count). The minimum absolute atomic E-state index is 0.625. The number of ether oxygens (including phenoxy) is 2. The van der Waals surface area contributed by atoms with Crippen molar-refractivity contribution >= 4 is 5.82 Å². The monoisotopic (exact) mass is 362 g/mol. The molecule has 3 aromatic rings. The highest BCUT2D eigenvalue weighted by molar-refractivity contribution is 5.56. The molecule has 1 N–H and O–H groups in total. The van der Waals surface area contributed by atoms with E-state index in [-0.39, 0.29) is 0 Å². The van der Waals surface area contributed by atoms with Crippen molar-refractivity contribution in [2.24, 2.45) is 0 Å². The highest BCUT2D eigenvalue weighted by Gasteiger charge is 2.13. The van der Waals surface area contributed by atoms with Crippen molar-refractivity contribution in [3.8, 4) is 23.0 Å². The van der Waals surface area contributed by atoms with Gasteiger partial charge >= 0.3 is 0 Å². The van der Waals surface area contributed by atoms with Crippen LogP contribution in [0.15, 0.2) is 42.6 Å². The van der Waals surface area contributed by atoms with Gasteiger partial charge in [0.2, 0.25) is 0 Å². The molecule has 27 heavy (non-hydrogen) atoms. The van der Waals surface area contributed by atoms with Gasteiger partial charge in [-0.25, -0.2) is 9.97 Å². The fraction of sp³-hybridized carbons (Fsp3) is 0.286. The maximum absolute atomic E-state index is 5.77. The standard InChI is InChI=1S/C21H22N4O2/c1-14-15(2)24-21(17-6-3-4-9-22-17)25-20(14)23-13-16-7-8-18-19(12-16)27-11-5-10-26-18/h3-4,6-9,12H,5,10-11,13H2,1-2H3,(H,23,24,25). The summed E-state index contributed by atoms with van der Waals surface area (Å²) in [6, 6.07) is 11.8. The second-order valence-electron chi connectivity index (χ2n) is 6.51. The van der Waals surface area contributed by atoms with Crippen LogP contribution in [0.3, 0.4) is 0 Å². The van der Waals surface area contributed by atoms with Crippen LogP contribution in [0.2, 0.25) is 0 Å². The maximum Gasteiger partial charge on any atom is 0.180 e. The van der Waals surface area contributed by atoms with Crippen molar-refractivity contribution in [3.63, 3.8) is 0 Å². The Morgan fingerprint density at radius 3 is 2.67 bits per heavy atom. The molecule has 1 aliphatic rings. The third kappa shape index (κ3) is 3.84. The number of benzene rings is 1. The topological polar surface area (TPSA) is 69.2 Å². The Morgan fingerprint density at radius 2 is 1.85 bits per heavy atom. The molecule has 0 atom stereocenters. The van der Waals surface area contributed by atoms with Crippen LogP contribution in [-0.2, 0) is 6.54 Å². The molecule has 0 bridgehead atoms. The number of pyridine rings is 1. The van der Waals surface area contributed by atoms with Crippen LogP contribution < -0.4 is 14.8 Å². The minimum Gasteiger partial charge on any atom is -0.490 e. The first kappa shape index (κ1) is 17.3. The number of nitrogens with zero attached hydrogens (tertiary/aromatic N) is 3. The SMILES string of the molecule is Cc1nc(-c2ccccn2)nc(NCc2ccc3c(c2)OCCCO3)c1C. The second kappa shape index (κ2) is 7.61. The van der Waals surface area contributed by atoms with Crippen LogP contribution in [-0.4, -0.2) is 28.2 Å². The van der Waals surface area contributed by atoms with E-state index in [0.29, 0.717) is 25.6 Å². The van der Waals surface area contributed by atoms with Crippen molar-refractivity contribution in [1.29, 1.82) is 0 Å². The Morgan fingerprint density at radius 1 is 1.00 bits per heavy atom. The third-order valence-electron chi connectivity index (χ3n) is 4.56. The molecule has 1 aliphatic heterocycles. The van der Waals surface area contributed by atoms with E-state index < -0.39 is 0 Å². The predicted molar refractivity (Wildman–Crippen MR) is 104 cm³/mol. The van der Waals surface area contributed by atoms with Gasteiger partial charge in [0.05, 0.1) is 13.2 Å². The van der Waals surface area contributed by atoms with Crippen molar-refractivity contribution in [2.75, 3.05) is 18.5 Å². The fourth-order valence-corrected chi connectivity index (χ4v) is 2.91. The quantitative estimate of drug-likeness (QED) is 0.758. The number of aromatic nitrogens is 3. The summed E-state index contributed by atoms with van der Waals surface area (Å²) < 4.78 is 11.5. The Bertz CT molecular complexity index is 944. The molecule has 0 saturated carbocycles. The zero-order valence-corrected chi connectivity index (χ0v) is 15.5. The number of anilines is 1. The van der Waals surface area contributed by atoms with E-state index in [1.807, 2.05) is 50.2 Å². The molecule has 3 heterocycles. The Hall–Kier alpha value is -3.15. The first-order valence-corrected chi connectivity index (χ1v) is 9.10. The lowest BCUT2D eigenvalue weighted by Crippen LogP contribution is -2.07. The van der Waals surface area contributed by atoms with Crippen LogP contribution >= 0.6 is 0 Å². The first-order chi connectivity index (χ1) is 13.2. The van der Waals surface area contributed by atoms with Crippen molar-refractivity contribution in [2.45, 2.75) is 26.8 Å². The molecule has 1 aromatic carbocycles. The summed E-state index contributed by atoms with van der Waals surface area (Å²) in [4.78, 5) is 13.6. The number of hydrogen-bond acceptors (Lipinski definition) is 6. The van der Waals surface area contributed by atoms with E-state index in [9.17, 15) is 0 Å². The highest BCUT2D eigenvalue weighted by Crippen LogP contribution is 2.31. The average molecular weight is 362 g/mol. The van der Waals surface area contributed by atoms with Gasteiger partial charge in [0.1, 0.15) is 11.5 Å². The van der Waals surface area contributed by atoms with E-state index in [2.05, 4.69) is 20.3 Å². The molecular formula is C21H22N4O2. The predicted octanol–water partition coefficient (Wildman–Crippen LogP) is 3.93. The molecule has 0 spiro atoms.